The van der Waals surface area contributed by atoms with Crippen LogP contribution in [0, 0.1) is 0 Å². The van der Waals surface area contributed by atoms with E-state index >= 15 is 0 Å². The van der Waals surface area contributed by atoms with Gasteiger partial charge < -0.3 is 5.32 Å². The fourth-order valence-electron chi connectivity index (χ4n) is 2.11. The molecule has 24 heavy (non-hydrogen) atoms. The number of anilines is 1. The summed E-state index contributed by atoms with van der Waals surface area (Å²) in [5.74, 6) is 0.933. The minimum Gasteiger partial charge on any atom is -0.324 e. The highest BCUT2D eigenvalue weighted by atomic mass is 35.5. The molecule has 0 aromatic heterocycles. The quantitative estimate of drug-likeness (QED) is 0.671. The van der Waals surface area contributed by atoms with Gasteiger partial charge in [-0.2, -0.15) is 0 Å². The molecule has 128 valence electrons. The number of carbonyl (C=O) groups excluding carboxylic acids is 1. The fourth-order valence-corrected chi connectivity index (χ4v) is 3.76. The number of amides is 1. The Kier molecular flexibility index (Phi) is 7.99. The van der Waals surface area contributed by atoms with E-state index in [-0.39, 0.29) is 5.91 Å². The zero-order chi connectivity index (χ0) is 17.4. The molecule has 1 N–H and O–H groups in total. The third-order valence-corrected chi connectivity index (χ3v) is 5.39. The van der Waals surface area contributed by atoms with Crippen LogP contribution in [0.4, 0.5) is 5.69 Å². The van der Waals surface area contributed by atoms with Gasteiger partial charge >= 0.3 is 0 Å². The van der Waals surface area contributed by atoms with Crippen LogP contribution in [0.3, 0.4) is 0 Å². The second-order valence-electron chi connectivity index (χ2n) is 5.29. The third kappa shape index (κ3) is 6.40. The van der Waals surface area contributed by atoms with Crippen LogP contribution >= 0.6 is 35.1 Å². The van der Waals surface area contributed by atoms with Crippen LogP contribution in [0.1, 0.15) is 0 Å². The SMILES string of the molecule is CSc1ccccc1NC(=O)CN(C)CCSc1ccc(Cl)cc1. The topological polar surface area (TPSA) is 32.3 Å². The van der Waals surface area contributed by atoms with Crippen molar-refractivity contribution >= 4 is 46.7 Å². The Labute approximate surface area is 157 Å². The number of rotatable bonds is 8. The lowest BCUT2D eigenvalue weighted by Gasteiger charge is -2.16. The van der Waals surface area contributed by atoms with Gasteiger partial charge in [-0.3, -0.25) is 9.69 Å². The number of hydrogen-bond donors (Lipinski definition) is 1. The molecule has 0 heterocycles. The number of thioether (sulfide) groups is 2. The Bertz CT molecular complexity index is 664. The van der Waals surface area contributed by atoms with E-state index in [4.69, 9.17) is 11.6 Å². The molecular formula is C18H21ClN2OS2. The summed E-state index contributed by atoms with van der Waals surface area (Å²) in [6.07, 6.45) is 2.01. The molecule has 2 aromatic rings. The molecule has 6 heteroatoms. The summed E-state index contributed by atoms with van der Waals surface area (Å²) in [5, 5.41) is 3.73. The maximum absolute atomic E-state index is 12.2. The van der Waals surface area contributed by atoms with Crippen LogP contribution in [0.2, 0.25) is 5.02 Å². The van der Waals surface area contributed by atoms with Gasteiger partial charge in [0.2, 0.25) is 5.91 Å². The van der Waals surface area contributed by atoms with Crippen LogP contribution in [-0.4, -0.2) is 43.0 Å². The van der Waals surface area contributed by atoms with Crippen molar-refractivity contribution in [2.75, 3.05) is 37.5 Å². The zero-order valence-electron chi connectivity index (χ0n) is 13.8. The van der Waals surface area contributed by atoms with Gasteiger partial charge in [0.25, 0.3) is 0 Å². The average Bonchev–Trinajstić information content (AvgIpc) is 2.57. The molecule has 0 bridgehead atoms. The van der Waals surface area contributed by atoms with Crippen LogP contribution in [-0.2, 0) is 4.79 Å². The van der Waals surface area contributed by atoms with E-state index in [2.05, 4.69) is 5.32 Å². The number of benzene rings is 2. The standard InChI is InChI=1S/C18H21ClN2OS2/c1-21(11-12-24-15-9-7-14(19)8-10-15)13-18(22)20-16-5-3-4-6-17(16)23-2/h3-10H,11-13H2,1-2H3,(H,20,22). The largest absolute Gasteiger partial charge is 0.324 e. The summed E-state index contributed by atoms with van der Waals surface area (Å²) in [7, 11) is 1.96. The van der Waals surface area contributed by atoms with Gasteiger partial charge in [-0.25, -0.2) is 0 Å². The Morgan fingerprint density at radius 3 is 2.58 bits per heavy atom. The highest BCUT2D eigenvalue weighted by molar-refractivity contribution is 7.99. The van der Waals surface area contributed by atoms with Crippen molar-refractivity contribution in [1.82, 2.24) is 4.90 Å². The molecule has 0 aliphatic carbocycles. The van der Waals surface area contributed by atoms with Gasteiger partial charge in [-0.05, 0) is 49.7 Å². The predicted molar refractivity (Wildman–Crippen MR) is 107 cm³/mol. The maximum Gasteiger partial charge on any atom is 0.238 e. The first-order valence-electron chi connectivity index (χ1n) is 7.58. The van der Waals surface area contributed by atoms with Gasteiger partial charge in [0.1, 0.15) is 0 Å². The number of nitrogens with one attached hydrogen (secondary N) is 1. The van der Waals surface area contributed by atoms with Gasteiger partial charge in [-0.1, -0.05) is 23.7 Å². The molecule has 0 saturated heterocycles. The van der Waals surface area contributed by atoms with E-state index in [9.17, 15) is 4.79 Å². The molecule has 0 aliphatic heterocycles. The van der Waals surface area contributed by atoms with Gasteiger partial charge in [-0.15, -0.1) is 23.5 Å². The predicted octanol–water partition coefficient (Wildman–Crippen LogP) is 4.72. The van der Waals surface area contributed by atoms with E-state index in [1.165, 1.54) is 4.90 Å². The van der Waals surface area contributed by atoms with Crippen molar-refractivity contribution in [2.24, 2.45) is 0 Å². The summed E-state index contributed by atoms with van der Waals surface area (Å²) in [6.45, 7) is 1.22. The Morgan fingerprint density at radius 2 is 1.88 bits per heavy atom. The number of likely N-dealkylation sites (N-methyl/N-ethyl adjacent to an activating group) is 1. The molecule has 3 nitrogen and oxygen atoms in total. The fraction of sp³-hybridized carbons (Fsp3) is 0.278. The van der Waals surface area contributed by atoms with Crippen molar-refractivity contribution in [1.29, 1.82) is 0 Å². The molecule has 0 unspecified atom stereocenters. The van der Waals surface area contributed by atoms with E-state index < -0.39 is 0 Å². The number of hydrogen-bond acceptors (Lipinski definition) is 4. The molecular weight excluding hydrogens is 360 g/mol. The molecule has 0 saturated carbocycles. The van der Waals surface area contributed by atoms with Gasteiger partial charge in [0.15, 0.2) is 0 Å². The van der Waals surface area contributed by atoms with Crippen molar-refractivity contribution < 1.29 is 4.79 Å². The van der Waals surface area contributed by atoms with E-state index in [0.29, 0.717) is 6.54 Å². The molecule has 1 amide bonds. The van der Waals surface area contributed by atoms with E-state index in [1.807, 2.05) is 66.7 Å². The molecule has 0 spiro atoms. The van der Waals surface area contributed by atoms with E-state index in [0.717, 1.165) is 27.9 Å². The number of carbonyl (C=O) groups is 1. The molecule has 0 atom stereocenters. The molecule has 2 rings (SSSR count). The number of halogens is 1. The first kappa shape index (κ1) is 19.2. The second kappa shape index (κ2) is 9.99. The first-order valence-corrected chi connectivity index (χ1v) is 10.2. The van der Waals surface area contributed by atoms with Gasteiger partial charge in [0, 0.05) is 27.1 Å². The minimum atomic E-state index is 0.00972. The third-order valence-electron chi connectivity index (χ3n) is 3.35. The van der Waals surface area contributed by atoms with Crippen molar-refractivity contribution in [3.8, 4) is 0 Å². The van der Waals surface area contributed by atoms with Crippen LogP contribution in [0.15, 0.2) is 58.3 Å². The smallest absolute Gasteiger partial charge is 0.238 e. The Morgan fingerprint density at radius 1 is 1.17 bits per heavy atom. The minimum absolute atomic E-state index is 0.00972. The average molecular weight is 381 g/mol. The van der Waals surface area contributed by atoms with Crippen molar-refractivity contribution in [2.45, 2.75) is 9.79 Å². The van der Waals surface area contributed by atoms with Crippen LogP contribution in [0.25, 0.3) is 0 Å². The second-order valence-corrected chi connectivity index (χ2v) is 7.74. The van der Waals surface area contributed by atoms with Crippen LogP contribution < -0.4 is 5.32 Å². The lowest BCUT2D eigenvalue weighted by molar-refractivity contribution is -0.117. The van der Waals surface area contributed by atoms with Gasteiger partial charge in [0.05, 0.1) is 12.2 Å². The summed E-state index contributed by atoms with van der Waals surface area (Å²) < 4.78 is 0. The van der Waals surface area contributed by atoms with Crippen molar-refractivity contribution in [3.05, 3.63) is 53.6 Å². The van der Waals surface area contributed by atoms with E-state index in [1.54, 1.807) is 23.5 Å². The lowest BCUT2D eigenvalue weighted by atomic mass is 10.3. The maximum atomic E-state index is 12.2. The lowest BCUT2D eigenvalue weighted by Crippen LogP contribution is -2.31. The highest BCUT2D eigenvalue weighted by Crippen LogP contribution is 2.24. The van der Waals surface area contributed by atoms with Crippen molar-refractivity contribution in [3.63, 3.8) is 0 Å². The van der Waals surface area contributed by atoms with Crippen LogP contribution in [0.5, 0.6) is 0 Å². The molecule has 2 aromatic carbocycles. The molecule has 0 fully saturated rings. The summed E-state index contributed by atoms with van der Waals surface area (Å²) in [6, 6.07) is 15.7. The first-order chi connectivity index (χ1) is 11.6. The monoisotopic (exact) mass is 380 g/mol. The molecule has 0 aliphatic rings. The summed E-state index contributed by atoms with van der Waals surface area (Å²) in [4.78, 5) is 16.5. The Hall–Kier alpha value is -1.14. The molecule has 0 radical (unpaired) electrons. The Balaban J connectivity index is 1.74. The highest BCUT2D eigenvalue weighted by Gasteiger charge is 2.09. The normalized spacial score (nSPS) is 10.8. The number of nitrogens with zero attached hydrogens (tertiary/aromatic N) is 1. The zero-order valence-corrected chi connectivity index (χ0v) is 16.2. The summed E-state index contributed by atoms with van der Waals surface area (Å²) >= 11 is 9.27. The number of para-hydroxylation sites is 1. The summed E-state index contributed by atoms with van der Waals surface area (Å²) in [5.41, 5.74) is 0.874.